The maximum absolute atomic E-state index is 13.6. The highest BCUT2D eigenvalue weighted by molar-refractivity contribution is 5.76. The van der Waals surface area contributed by atoms with E-state index in [9.17, 15) is 9.18 Å². The van der Waals surface area contributed by atoms with Crippen LogP contribution in [0.15, 0.2) is 46.9 Å². The molecule has 6 heteroatoms. The monoisotopic (exact) mass is 299 g/mol. The van der Waals surface area contributed by atoms with Gasteiger partial charge in [-0.05, 0) is 29.8 Å². The van der Waals surface area contributed by atoms with Gasteiger partial charge in [-0.25, -0.2) is 4.39 Å². The van der Waals surface area contributed by atoms with Crippen LogP contribution in [0.1, 0.15) is 12.5 Å². The molecule has 112 valence electrons. The largest absolute Gasteiger partial charge is 0.423 e. The van der Waals surface area contributed by atoms with E-state index in [0.29, 0.717) is 12.1 Å². The second-order valence-corrected chi connectivity index (χ2v) is 4.84. The highest BCUT2D eigenvalue weighted by atomic mass is 19.1. The van der Waals surface area contributed by atoms with Crippen molar-refractivity contribution in [3.8, 4) is 0 Å². The Kier molecular flexibility index (Phi) is 3.74. The minimum atomic E-state index is -0.417. The molecule has 1 aromatic heterocycles. The van der Waals surface area contributed by atoms with Gasteiger partial charge in [-0.1, -0.05) is 18.2 Å². The Balaban J connectivity index is 1.74. The molecule has 0 spiro atoms. The molecule has 0 saturated carbocycles. The number of benzene rings is 2. The van der Waals surface area contributed by atoms with Gasteiger partial charge in [0.05, 0.1) is 0 Å². The Morgan fingerprint density at radius 1 is 1.23 bits per heavy atom. The van der Waals surface area contributed by atoms with E-state index in [2.05, 4.69) is 15.6 Å². The fraction of sp³-hybridized carbons (Fsp3) is 0.125. The van der Waals surface area contributed by atoms with Gasteiger partial charge in [0.2, 0.25) is 5.91 Å². The van der Waals surface area contributed by atoms with Crippen LogP contribution in [0.5, 0.6) is 0 Å². The van der Waals surface area contributed by atoms with Gasteiger partial charge < -0.3 is 15.1 Å². The first-order valence-electron chi connectivity index (χ1n) is 6.77. The van der Waals surface area contributed by atoms with E-state index in [-0.39, 0.29) is 17.4 Å². The van der Waals surface area contributed by atoms with Crippen molar-refractivity contribution in [2.45, 2.75) is 13.5 Å². The zero-order valence-electron chi connectivity index (χ0n) is 11.9. The van der Waals surface area contributed by atoms with E-state index in [0.717, 1.165) is 11.3 Å². The standard InChI is InChI=1S/C16H14FN3O2/c1-10(21)18-9-11-5-7-12(8-6-11)19-16-20-15-13(17)3-2-4-14(15)22-16/h2-8H,9H2,1H3,(H,18,21)(H,19,20). The molecular formula is C16H14FN3O2. The summed E-state index contributed by atoms with van der Waals surface area (Å²) < 4.78 is 19.0. The average Bonchev–Trinajstić information content (AvgIpc) is 2.90. The fourth-order valence-electron chi connectivity index (χ4n) is 2.02. The van der Waals surface area contributed by atoms with E-state index < -0.39 is 5.82 Å². The number of aromatic nitrogens is 1. The van der Waals surface area contributed by atoms with Crippen LogP contribution < -0.4 is 10.6 Å². The molecule has 0 aliphatic rings. The average molecular weight is 299 g/mol. The first kappa shape index (κ1) is 14.1. The zero-order chi connectivity index (χ0) is 15.5. The van der Waals surface area contributed by atoms with Gasteiger partial charge in [0, 0.05) is 19.2 Å². The molecule has 0 saturated heterocycles. The second kappa shape index (κ2) is 5.85. The second-order valence-electron chi connectivity index (χ2n) is 4.84. The molecule has 2 N–H and O–H groups in total. The number of para-hydroxylation sites is 1. The third kappa shape index (κ3) is 3.06. The Labute approximate surface area is 126 Å². The first-order valence-corrected chi connectivity index (χ1v) is 6.77. The predicted molar refractivity (Wildman–Crippen MR) is 81.2 cm³/mol. The van der Waals surface area contributed by atoms with Gasteiger partial charge in [0.15, 0.2) is 11.4 Å². The third-order valence-electron chi connectivity index (χ3n) is 3.12. The summed E-state index contributed by atoms with van der Waals surface area (Å²) in [7, 11) is 0. The van der Waals surface area contributed by atoms with Crippen molar-refractivity contribution in [3.63, 3.8) is 0 Å². The Hall–Kier alpha value is -2.89. The smallest absolute Gasteiger partial charge is 0.300 e. The molecule has 1 amide bonds. The van der Waals surface area contributed by atoms with Crippen molar-refractivity contribution in [2.75, 3.05) is 5.32 Å². The normalized spacial score (nSPS) is 10.6. The number of carbonyl (C=O) groups is 1. The number of halogens is 1. The number of carbonyl (C=O) groups excluding carboxylic acids is 1. The summed E-state index contributed by atoms with van der Waals surface area (Å²) in [5.74, 6) is -0.490. The van der Waals surface area contributed by atoms with Crippen LogP contribution in [0, 0.1) is 5.82 Å². The molecule has 3 rings (SSSR count). The van der Waals surface area contributed by atoms with E-state index in [1.165, 1.54) is 13.0 Å². The lowest BCUT2D eigenvalue weighted by molar-refractivity contribution is -0.119. The molecule has 0 fully saturated rings. The Morgan fingerprint density at radius 3 is 2.68 bits per heavy atom. The van der Waals surface area contributed by atoms with Crippen molar-refractivity contribution >= 4 is 28.7 Å². The first-order chi connectivity index (χ1) is 10.6. The van der Waals surface area contributed by atoms with Gasteiger partial charge >= 0.3 is 0 Å². The van der Waals surface area contributed by atoms with Gasteiger partial charge in [0.25, 0.3) is 6.01 Å². The molecule has 1 heterocycles. The Bertz CT molecular complexity index is 812. The van der Waals surface area contributed by atoms with Crippen molar-refractivity contribution in [1.82, 2.24) is 10.3 Å². The molecule has 0 aliphatic heterocycles. The number of anilines is 2. The molecule has 0 bridgehead atoms. The van der Waals surface area contributed by atoms with Gasteiger partial charge in [0.1, 0.15) is 5.52 Å². The summed E-state index contributed by atoms with van der Waals surface area (Å²) in [5.41, 5.74) is 2.33. The van der Waals surface area contributed by atoms with Crippen LogP contribution in [0.4, 0.5) is 16.1 Å². The number of nitrogens with one attached hydrogen (secondary N) is 2. The molecule has 3 aromatic rings. The molecule has 0 aliphatic carbocycles. The number of nitrogens with zero attached hydrogens (tertiary/aromatic N) is 1. The van der Waals surface area contributed by atoms with E-state index in [4.69, 9.17) is 4.42 Å². The van der Waals surface area contributed by atoms with Crippen LogP contribution in [0.3, 0.4) is 0 Å². The number of hydrogen-bond acceptors (Lipinski definition) is 4. The molecule has 5 nitrogen and oxygen atoms in total. The topological polar surface area (TPSA) is 67.2 Å². The molecular weight excluding hydrogens is 285 g/mol. The maximum atomic E-state index is 13.6. The number of fused-ring (bicyclic) bond motifs is 1. The quantitative estimate of drug-likeness (QED) is 0.775. The van der Waals surface area contributed by atoms with E-state index >= 15 is 0 Å². The predicted octanol–water partition coefficient (Wildman–Crippen LogP) is 3.35. The van der Waals surface area contributed by atoms with Crippen LogP contribution >= 0.6 is 0 Å². The van der Waals surface area contributed by atoms with Crippen molar-refractivity contribution in [1.29, 1.82) is 0 Å². The summed E-state index contributed by atoms with van der Waals surface area (Å²) in [6, 6.07) is 12.2. The number of amides is 1. The van der Waals surface area contributed by atoms with Crippen molar-refractivity contribution in [3.05, 3.63) is 53.8 Å². The number of oxazole rings is 1. The highest BCUT2D eigenvalue weighted by Crippen LogP contribution is 2.23. The molecule has 0 unspecified atom stereocenters. The van der Waals surface area contributed by atoms with Gasteiger partial charge in [-0.3, -0.25) is 4.79 Å². The van der Waals surface area contributed by atoms with Crippen LogP contribution in [0.25, 0.3) is 11.1 Å². The summed E-state index contributed by atoms with van der Waals surface area (Å²) in [4.78, 5) is 14.9. The third-order valence-corrected chi connectivity index (χ3v) is 3.12. The summed E-state index contributed by atoms with van der Waals surface area (Å²) in [5, 5.41) is 5.70. The zero-order valence-corrected chi connectivity index (χ0v) is 11.9. The minimum absolute atomic E-state index is 0.0734. The van der Waals surface area contributed by atoms with Gasteiger partial charge in [-0.15, -0.1) is 0 Å². The fourth-order valence-corrected chi connectivity index (χ4v) is 2.02. The molecule has 22 heavy (non-hydrogen) atoms. The molecule has 2 aromatic carbocycles. The van der Waals surface area contributed by atoms with Gasteiger partial charge in [-0.2, -0.15) is 4.98 Å². The van der Waals surface area contributed by atoms with E-state index in [1.807, 2.05) is 24.3 Å². The summed E-state index contributed by atoms with van der Waals surface area (Å²) >= 11 is 0. The van der Waals surface area contributed by atoms with E-state index in [1.54, 1.807) is 12.1 Å². The minimum Gasteiger partial charge on any atom is -0.423 e. The maximum Gasteiger partial charge on any atom is 0.300 e. The summed E-state index contributed by atoms with van der Waals surface area (Å²) in [6.45, 7) is 1.95. The lowest BCUT2D eigenvalue weighted by Crippen LogP contribution is -2.18. The molecule has 0 radical (unpaired) electrons. The van der Waals surface area contributed by atoms with Crippen molar-refractivity contribution < 1.29 is 13.6 Å². The summed E-state index contributed by atoms with van der Waals surface area (Å²) in [6.07, 6.45) is 0. The SMILES string of the molecule is CC(=O)NCc1ccc(Nc2nc3c(F)cccc3o2)cc1. The number of rotatable bonds is 4. The highest BCUT2D eigenvalue weighted by Gasteiger charge is 2.09. The molecule has 0 atom stereocenters. The van der Waals surface area contributed by atoms with Crippen LogP contribution in [0.2, 0.25) is 0 Å². The lowest BCUT2D eigenvalue weighted by atomic mass is 10.2. The van der Waals surface area contributed by atoms with Crippen LogP contribution in [-0.2, 0) is 11.3 Å². The van der Waals surface area contributed by atoms with Crippen LogP contribution in [-0.4, -0.2) is 10.9 Å². The number of hydrogen-bond donors (Lipinski definition) is 2. The van der Waals surface area contributed by atoms with Crippen molar-refractivity contribution in [2.24, 2.45) is 0 Å². The lowest BCUT2D eigenvalue weighted by Gasteiger charge is -2.05. The Morgan fingerprint density at radius 2 is 2.00 bits per heavy atom.